The lowest BCUT2D eigenvalue weighted by atomic mass is 9.93. The van der Waals surface area contributed by atoms with Crippen molar-refractivity contribution in [1.29, 1.82) is 0 Å². The zero-order valence-electron chi connectivity index (χ0n) is 16.1. The van der Waals surface area contributed by atoms with Crippen LogP contribution in [0.2, 0.25) is 0 Å². The molecule has 0 saturated carbocycles. The van der Waals surface area contributed by atoms with Crippen LogP contribution in [0.25, 0.3) is 21.9 Å². The first kappa shape index (κ1) is 27.8. The Morgan fingerprint density at radius 2 is 1.17 bits per heavy atom. The van der Waals surface area contributed by atoms with Crippen LogP contribution in [-0.4, -0.2) is 38.9 Å². The van der Waals surface area contributed by atoms with Gasteiger partial charge in [-0.2, -0.15) is 25.3 Å². The van der Waals surface area contributed by atoms with Gasteiger partial charge < -0.3 is 12.3 Å². The Bertz CT molecular complexity index is 1380. The number of rotatable bonds is 5. The Morgan fingerprint density at radius 1 is 0.733 bits per heavy atom. The molecular formula is C16H22N2O9S3. The quantitative estimate of drug-likeness (QED) is 0.388. The molecule has 0 fully saturated rings. The molecule has 2 rings (SSSR count). The fourth-order valence-corrected chi connectivity index (χ4v) is 6.63. The van der Waals surface area contributed by atoms with E-state index in [2.05, 4.69) is 13.2 Å². The summed E-state index contributed by atoms with van der Waals surface area (Å²) in [6.07, 6.45) is 0. The van der Waals surface area contributed by atoms with Gasteiger partial charge in [0.25, 0.3) is 30.4 Å². The van der Waals surface area contributed by atoms with Crippen molar-refractivity contribution < 1.29 is 38.9 Å². The van der Waals surface area contributed by atoms with Crippen molar-refractivity contribution in [3.63, 3.8) is 0 Å². The maximum absolute atomic E-state index is 12.1. The Labute approximate surface area is 174 Å². The van der Waals surface area contributed by atoms with Gasteiger partial charge in [0.15, 0.2) is 0 Å². The fourth-order valence-electron chi connectivity index (χ4n) is 2.96. The number of fused-ring (bicyclic) bond motifs is 1. The molecule has 0 aliphatic heterocycles. The van der Waals surface area contributed by atoms with Crippen molar-refractivity contribution in [3.8, 4) is 0 Å². The minimum Gasteiger partial charge on any atom is -0.344 e. The van der Waals surface area contributed by atoms with Crippen LogP contribution >= 0.6 is 0 Å². The third-order valence-electron chi connectivity index (χ3n) is 3.86. The molecule has 0 aliphatic carbocycles. The molecule has 0 spiro atoms. The van der Waals surface area contributed by atoms with Gasteiger partial charge in [0.2, 0.25) is 0 Å². The van der Waals surface area contributed by atoms with E-state index in [1.807, 2.05) is 0 Å². The molecule has 0 atom stereocenters. The minimum atomic E-state index is -5.55. The Morgan fingerprint density at radius 3 is 1.50 bits per heavy atom. The van der Waals surface area contributed by atoms with Gasteiger partial charge in [0, 0.05) is 10.9 Å². The topological polar surface area (TPSA) is 233 Å². The monoisotopic (exact) mass is 482 g/mol. The molecule has 0 aliphatic rings. The van der Waals surface area contributed by atoms with Gasteiger partial charge in [-0.15, -0.1) is 0 Å². The van der Waals surface area contributed by atoms with E-state index >= 15 is 0 Å². The van der Waals surface area contributed by atoms with Crippen LogP contribution in [-0.2, 0) is 30.4 Å². The highest BCUT2D eigenvalue weighted by Gasteiger charge is 2.38. The normalized spacial score (nSPS) is 12.0. The highest BCUT2D eigenvalue weighted by molar-refractivity contribution is 7.90. The minimum absolute atomic E-state index is 0. The molecule has 14 heteroatoms. The van der Waals surface area contributed by atoms with Crippen molar-refractivity contribution >= 4 is 52.3 Å². The predicted octanol–water partition coefficient (Wildman–Crippen LogP) is 2.97. The molecule has 0 radical (unpaired) electrons. The van der Waals surface area contributed by atoms with Crippen LogP contribution in [0, 0.1) is 0 Å². The van der Waals surface area contributed by atoms with Crippen LogP contribution in [0.3, 0.4) is 0 Å². The molecule has 0 bridgehead atoms. The highest BCUT2D eigenvalue weighted by Crippen LogP contribution is 2.43. The molecule has 11 nitrogen and oxygen atoms in total. The Kier molecular flexibility index (Phi) is 7.91. The average molecular weight is 483 g/mol. The van der Waals surface area contributed by atoms with E-state index in [0.717, 1.165) is 6.07 Å². The second-order valence-electron chi connectivity index (χ2n) is 6.08. The Hall–Kier alpha value is -2.17. The first-order valence-corrected chi connectivity index (χ1v) is 11.7. The van der Waals surface area contributed by atoms with Crippen LogP contribution in [0.4, 0.5) is 0 Å². The summed E-state index contributed by atoms with van der Waals surface area (Å²) in [4.78, 5) is -4.45. The second kappa shape index (κ2) is 8.52. The summed E-state index contributed by atoms with van der Waals surface area (Å²) in [5, 5.41) is -0.531. The summed E-state index contributed by atoms with van der Waals surface area (Å²) in [5.74, 6) is 0. The first-order chi connectivity index (χ1) is 12.5. The van der Waals surface area contributed by atoms with E-state index in [-0.39, 0.29) is 28.8 Å². The van der Waals surface area contributed by atoms with Crippen molar-refractivity contribution in [2.45, 2.75) is 28.5 Å². The lowest BCUT2D eigenvalue weighted by Crippen LogP contribution is -2.17. The fraction of sp³-hybridized carbons (Fsp3) is 0.125. The molecule has 0 saturated heterocycles. The molecule has 2 aromatic carbocycles. The standard InChI is InChI=1S/C16H16O9S3.2H3N/c1-8(2)10-6-5-7-11-13(10)12(9(3)4)15(27(20,21)22)16(28(23,24)25)14(11)26(17,18)19;;/h5-7H,1,3H2,2,4H3,(H,17,18,19)(H,20,21,22)(H,23,24,25);2*1H3. The summed E-state index contributed by atoms with van der Waals surface area (Å²) in [6, 6.07) is 3.88. The largest absolute Gasteiger partial charge is 0.344 e. The Balaban J connectivity index is 0.00000420. The van der Waals surface area contributed by atoms with Crippen LogP contribution in [0.15, 0.2) is 46.0 Å². The lowest BCUT2D eigenvalue weighted by Gasteiger charge is -2.20. The third-order valence-corrected chi connectivity index (χ3v) is 6.91. The van der Waals surface area contributed by atoms with Gasteiger partial charge in [-0.25, -0.2) is 0 Å². The van der Waals surface area contributed by atoms with Gasteiger partial charge in [-0.05, 0) is 30.4 Å². The maximum Gasteiger partial charge on any atom is 0.297 e. The molecule has 0 unspecified atom stereocenters. The molecule has 2 aromatic rings. The summed E-state index contributed by atoms with van der Waals surface area (Å²) >= 11 is 0. The van der Waals surface area contributed by atoms with E-state index in [9.17, 15) is 38.9 Å². The van der Waals surface area contributed by atoms with E-state index in [1.165, 1.54) is 26.0 Å². The molecule has 30 heavy (non-hydrogen) atoms. The smallest absolute Gasteiger partial charge is 0.297 e. The van der Waals surface area contributed by atoms with E-state index in [1.54, 1.807) is 0 Å². The summed E-state index contributed by atoms with van der Waals surface area (Å²) < 4.78 is 101. The summed E-state index contributed by atoms with van der Waals surface area (Å²) in [7, 11) is -16.4. The van der Waals surface area contributed by atoms with Gasteiger partial charge in [0.05, 0.1) is 0 Å². The molecule has 0 heterocycles. The molecule has 0 aromatic heterocycles. The number of benzene rings is 2. The van der Waals surface area contributed by atoms with Crippen molar-refractivity contribution in [3.05, 3.63) is 42.5 Å². The predicted molar refractivity (Wildman–Crippen MR) is 113 cm³/mol. The van der Waals surface area contributed by atoms with Crippen molar-refractivity contribution in [2.75, 3.05) is 0 Å². The second-order valence-corrected chi connectivity index (χ2v) is 10.2. The lowest BCUT2D eigenvalue weighted by molar-refractivity contribution is 0.457. The van der Waals surface area contributed by atoms with E-state index in [4.69, 9.17) is 0 Å². The van der Waals surface area contributed by atoms with E-state index in [0.29, 0.717) is 5.57 Å². The SMILES string of the molecule is C=C(C)c1cccc2c(S(=O)(=O)O)c(S(=O)(=O)O)c(S(=O)(=O)O)c(C(=C)C)c12.N.N. The van der Waals surface area contributed by atoms with Crippen LogP contribution in [0.1, 0.15) is 25.0 Å². The number of hydrogen-bond donors (Lipinski definition) is 5. The van der Waals surface area contributed by atoms with Gasteiger partial charge in [-0.3, -0.25) is 13.7 Å². The summed E-state index contributed by atoms with van der Waals surface area (Å²) in [5.41, 5.74) is 0.0664. The molecule has 168 valence electrons. The van der Waals surface area contributed by atoms with Crippen molar-refractivity contribution in [1.82, 2.24) is 12.3 Å². The maximum atomic E-state index is 12.1. The zero-order chi connectivity index (χ0) is 21.8. The molecular weight excluding hydrogens is 460 g/mol. The van der Waals surface area contributed by atoms with Crippen LogP contribution < -0.4 is 12.3 Å². The highest BCUT2D eigenvalue weighted by atomic mass is 32.2. The average Bonchev–Trinajstić information content (AvgIpc) is 2.48. The molecule has 9 N–H and O–H groups in total. The third kappa shape index (κ3) is 4.76. The summed E-state index contributed by atoms with van der Waals surface area (Å²) in [6.45, 7) is 10.1. The number of hydrogen-bond acceptors (Lipinski definition) is 8. The van der Waals surface area contributed by atoms with Gasteiger partial charge >= 0.3 is 0 Å². The first-order valence-electron chi connectivity index (χ1n) is 7.36. The number of allylic oxidation sites excluding steroid dienone is 2. The van der Waals surface area contributed by atoms with Gasteiger partial charge in [-0.1, -0.05) is 36.9 Å². The zero-order valence-corrected chi connectivity index (χ0v) is 18.5. The van der Waals surface area contributed by atoms with Crippen molar-refractivity contribution in [2.24, 2.45) is 0 Å². The van der Waals surface area contributed by atoms with Crippen LogP contribution in [0.5, 0.6) is 0 Å². The van der Waals surface area contributed by atoms with Gasteiger partial charge in [0.1, 0.15) is 14.7 Å². The molecule has 0 amide bonds. The van der Waals surface area contributed by atoms with E-state index < -0.39 is 56.0 Å².